The second-order valence-electron chi connectivity index (χ2n) is 6.64. The minimum absolute atomic E-state index is 0.143. The molecule has 150 valence electrons. The molecular formula is C24H19NO4S. The Bertz CT molecular complexity index is 1310. The minimum atomic E-state index is -3.93. The lowest BCUT2D eigenvalue weighted by molar-refractivity contribution is 0.0384. The Hall–Kier alpha value is -3.64. The maximum absolute atomic E-state index is 13.5. The van der Waals surface area contributed by atoms with Gasteiger partial charge in [-0.3, -0.25) is 0 Å². The van der Waals surface area contributed by atoms with Crippen molar-refractivity contribution in [3.05, 3.63) is 115 Å². The van der Waals surface area contributed by atoms with Gasteiger partial charge in [0.1, 0.15) is 0 Å². The summed E-state index contributed by atoms with van der Waals surface area (Å²) in [6.45, 7) is 3.76. The van der Waals surface area contributed by atoms with Crippen LogP contribution in [0, 0.1) is 0 Å². The van der Waals surface area contributed by atoms with Gasteiger partial charge in [0, 0.05) is 5.39 Å². The van der Waals surface area contributed by atoms with Gasteiger partial charge < -0.3 is 4.74 Å². The maximum atomic E-state index is 13.5. The van der Waals surface area contributed by atoms with Crippen molar-refractivity contribution in [3.8, 4) is 0 Å². The molecule has 0 radical (unpaired) electrons. The average molecular weight is 417 g/mol. The highest BCUT2D eigenvalue weighted by molar-refractivity contribution is 7.90. The van der Waals surface area contributed by atoms with Gasteiger partial charge in [-0.1, -0.05) is 61.2 Å². The fourth-order valence-corrected chi connectivity index (χ4v) is 4.87. The molecule has 0 aliphatic rings. The number of para-hydroxylation sites is 1. The Morgan fingerprint density at radius 1 is 0.900 bits per heavy atom. The number of hydrogen-bond acceptors (Lipinski definition) is 4. The Balaban J connectivity index is 1.85. The zero-order valence-electron chi connectivity index (χ0n) is 16.0. The Morgan fingerprint density at radius 3 is 2.17 bits per heavy atom. The van der Waals surface area contributed by atoms with Crippen molar-refractivity contribution in [1.29, 1.82) is 0 Å². The van der Waals surface area contributed by atoms with E-state index in [1.54, 1.807) is 66.7 Å². The molecule has 4 rings (SSSR count). The number of carbonyl (C=O) groups is 1. The zero-order chi connectivity index (χ0) is 21.1. The fourth-order valence-electron chi connectivity index (χ4n) is 3.30. The van der Waals surface area contributed by atoms with Gasteiger partial charge in [-0.2, -0.15) is 0 Å². The Morgan fingerprint density at radius 2 is 1.50 bits per heavy atom. The van der Waals surface area contributed by atoms with Crippen LogP contribution in [-0.4, -0.2) is 18.4 Å². The molecule has 3 aromatic carbocycles. The molecule has 0 aliphatic carbocycles. The molecule has 1 unspecified atom stereocenters. The number of esters is 1. The maximum Gasteiger partial charge on any atom is 0.339 e. The van der Waals surface area contributed by atoms with Gasteiger partial charge in [-0.15, -0.1) is 0 Å². The van der Waals surface area contributed by atoms with E-state index in [4.69, 9.17) is 4.74 Å². The van der Waals surface area contributed by atoms with Crippen LogP contribution in [0.1, 0.15) is 22.2 Å². The first-order chi connectivity index (χ1) is 14.5. The summed E-state index contributed by atoms with van der Waals surface area (Å²) in [5.41, 5.74) is 1.18. The van der Waals surface area contributed by atoms with Crippen LogP contribution >= 0.6 is 0 Å². The lowest BCUT2D eigenvalue weighted by atomic mass is 10.2. The molecule has 0 spiro atoms. The van der Waals surface area contributed by atoms with Crippen molar-refractivity contribution >= 4 is 26.9 Å². The number of ether oxygens (including phenoxy) is 1. The van der Waals surface area contributed by atoms with Gasteiger partial charge in [0.15, 0.2) is 6.10 Å². The molecule has 0 saturated heterocycles. The van der Waals surface area contributed by atoms with Crippen LogP contribution in [-0.2, 0) is 14.8 Å². The highest BCUT2D eigenvalue weighted by Crippen LogP contribution is 2.31. The van der Waals surface area contributed by atoms with E-state index >= 15 is 0 Å². The first-order valence-corrected chi connectivity index (χ1v) is 10.8. The van der Waals surface area contributed by atoms with Crippen molar-refractivity contribution in [2.45, 2.75) is 11.0 Å². The fraction of sp³-hybridized carbons (Fsp3) is 0.0417. The Kier molecular flexibility index (Phi) is 5.25. The van der Waals surface area contributed by atoms with Gasteiger partial charge in [0.2, 0.25) is 0 Å². The predicted octanol–water partition coefficient (Wildman–Crippen LogP) is 4.96. The second kappa shape index (κ2) is 8.00. The number of carbonyl (C=O) groups excluding carboxylic acids is 1. The highest BCUT2D eigenvalue weighted by Gasteiger charge is 2.28. The molecule has 30 heavy (non-hydrogen) atoms. The minimum Gasteiger partial charge on any atom is -0.448 e. The first-order valence-electron chi connectivity index (χ1n) is 9.32. The van der Waals surface area contributed by atoms with Gasteiger partial charge in [0.05, 0.1) is 21.7 Å². The monoisotopic (exact) mass is 417 g/mol. The summed E-state index contributed by atoms with van der Waals surface area (Å²) in [4.78, 5) is 12.7. The molecule has 1 aromatic heterocycles. The van der Waals surface area contributed by atoms with Crippen LogP contribution in [0.5, 0.6) is 0 Å². The van der Waals surface area contributed by atoms with Crippen LogP contribution in [0.4, 0.5) is 0 Å². The predicted molar refractivity (Wildman–Crippen MR) is 116 cm³/mol. The molecule has 1 atom stereocenters. The lowest BCUT2D eigenvalue weighted by Gasteiger charge is -2.18. The molecule has 6 heteroatoms. The summed E-state index contributed by atoms with van der Waals surface area (Å²) in [6.07, 6.45) is 0.468. The van der Waals surface area contributed by atoms with E-state index in [1.807, 2.05) is 12.1 Å². The standard InChI is InChI=1S/C24H19NO4S/c1-2-23(29-24(26)18-11-5-3-6-12-18)22-17-19-13-9-10-16-21(19)25(22)30(27,28)20-14-7-4-8-15-20/h2-17,23H,1H2. The lowest BCUT2D eigenvalue weighted by Crippen LogP contribution is -2.19. The quantitative estimate of drug-likeness (QED) is 0.328. The molecule has 4 aromatic rings. The van der Waals surface area contributed by atoms with Crippen LogP contribution < -0.4 is 0 Å². The number of nitrogens with zero attached hydrogens (tertiary/aromatic N) is 1. The third-order valence-electron chi connectivity index (χ3n) is 4.72. The topological polar surface area (TPSA) is 65.4 Å². The third-order valence-corrected chi connectivity index (χ3v) is 6.48. The summed E-state index contributed by atoms with van der Waals surface area (Å²) in [5, 5.41) is 0.717. The molecule has 0 aliphatic heterocycles. The van der Waals surface area contributed by atoms with Gasteiger partial charge in [0.25, 0.3) is 10.0 Å². The van der Waals surface area contributed by atoms with E-state index in [-0.39, 0.29) is 4.90 Å². The molecule has 0 bridgehead atoms. The molecule has 0 fully saturated rings. The number of hydrogen-bond donors (Lipinski definition) is 0. The largest absolute Gasteiger partial charge is 0.448 e. The molecule has 0 N–H and O–H groups in total. The SMILES string of the molecule is C=CC(OC(=O)c1ccccc1)c1cc2ccccc2n1S(=O)(=O)c1ccccc1. The first kappa shape index (κ1) is 19.7. The van der Waals surface area contributed by atoms with Crippen LogP contribution in [0.15, 0.2) is 109 Å². The smallest absolute Gasteiger partial charge is 0.339 e. The molecule has 5 nitrogen and oxygen atoms in total. The highest BCUT2D eigenvalue weighted by atomic mass is 32.2. The summed E-state index contributed by atoms with van der Waals surface area (Å²) in [6, 6.07) is 25.5. The van der Waals surface area contributed by atoms with E-state index in [9.17, 15) is 13.2 Å². The number of aromatic nitrogens is 1. The summed E-state index contributed by atoms with van der Waals surface area (Å²) >= 11 is 0. The van der Waals surface area contributed by atoms with Crippen molar-refractivity contribution < 1.29 is 17.9 Å². The van der Waals surface area contributed by atoms with Crippen LogP contribution in [0.25, 0.3) is 10.9 Å². The van der Waals surface area contributed by atoms with E-state index < -0.39 is 22.1 Å². The third kappa shape index (κ3) is 3.53. The summed E-state index contributed by atoms with van der Waals surface area (Å²) in [7, 11) is -3.93. The number of benzene rings is 3. The second-order valence-corrected chi connectivity index (χ2v) is 8.42. The molecule has 0 amide bonds. The molecule has 0 saturated carbocycles. The van der Waals surface area contributed by atoms with Crippen molar-refractivity contribution in [3.63, 3.8) is 0 Å². The number of rotatable bonds is 6. The normalized spacial score (nSPS) is 12.4. The van der Waals surface area contributed by atoms with Crippen LogP contribution in [0.3, 0.4) is 0 Å². The Labute approximate surface area is 174 Å². The van der Waals surface area contributed by atoms with Crippen molar-refractivity contribution in [2.75, 3.05) is 0 Å². The van der Waals surface area contributed by atoms with Gasteiger partial charge in [-0.05, 0) is 42.5 Å². The molecular weight excluding hydrogens is 398 g/mol. The average Bonchev–Trinajstić information content (AvgIpc) is 3.18. The van der Waals surface area contributed by atoms with E-state index in [2.05, 4.69) is 6.58 Å². The van der Waals surface area contributed by atoms with Crippen molar-refractivity contribution in [1.82, 2.24) is 3.97 Å². The summed E-state index contributed by atoms with van der Waals surface area (Å²) in [5.74, 6) is -0.561. The molecule has 1 heterocycles. The zero-order valence-corrected chi connectivity index (χ0v) is 16.8. The van der Waals surface area contributed by atoms with E-state index in [1.165, 1.54) is 22.2 Å². The number of fused-ring (bicyclic) bond motifs is 1. The summed E-state index contributed by atoms with van der Waals surface area (Å²) < 4.78 is 33.8. The van der Waals surface area contributed by atoms with Gasteiger partial charge in [-0.25, -0.2) is 17.2 Å². The van der Waals surface area contributed by atoms with Gasteiger partial charge >= 0.3 is 5.97 Å². The van der Waals surface area contributed by atoms with E-state index in [0.717, 1.165) is 5.39 Å². The van der Waals surface area contributed by atoms with Crippen LogP contribution in [0.2, 0.25) is 0 Å². The van der Waals surface area contributed by atoms with E-state index in [0.29, 0.717) is 16.8 Å². The van der Waals surface area contributed by atoms with Crippen molar-refractivity contribution in [2.24, 2.45) is 0 Å².